The van der Waals surface area contributed by atoms with Gasteiger partial charge >= 0.3 is 5.97 Å². The molecule has 1 aliphatic carbocycles. The number of carbonyl (C=O) groups excluding carboxylic acids is 5. The Balaban J connectivity index is 1.50. The average Bonchev–Trinajstić information content (AvgIpc) is 3.71. The maximum atomic E-state index is 14.1. The monoisotopic (exact) mass is 748 g/mol. The van der Waals surface area contributed by atoms with E-state index in [4.69, 9.17) is 5.73 Å². The Morgan fingerprint density at radius 1 is 0.889 bits per heavy atom. The smallest absolute Gasteiger partial charge is 0.335 e. The van der Waals surface area contributed by atoms with Gasteiger partial charge in [0.15, 0.2) is 6.10 Å². The molecule has 0 saturated heterocycles. The number of nitrogens with two attached hydrogens (primary N) is 1. The lowest BCUT2D eigenvalue weighted by atomic mass is 9.84. The number of amides is 5. The molecule has 0 spiro atoms. The average molecular weight is 749 g/mol. The van der Waals surface area contributed by atoms with Gasteiger partial charge in [-0.2, -0.15) is 5.21 Å². The Hall–Kier alpha value is -5.75. The molecular formula is C36H48N10O8. The summed E-state index contributed by atoms with van der Waals surface area (Å²) in [6, 6.07) is 9.82. The molecule has 10 N–H and O–H groups in total. The van der Waals surface area contributed by atoms with Crippen LogP contribution < -0.4 is 32.3 Å². The van der Waals surface area contributed by atoms with Gasteiger partial charge in [0.05, 0.1) is 11.6 Å². The maximum absolute atomic E-state index is 14.1. The number of aliphatic hydroxyl groups excluding tert-OH is 1. The number of aromatic nitrogens is 4. The number of tetrazole rings is 1. The van der Waals surface area contributed by atoms with Gasteiger partial charge in [-0.1, -0.05) is 82.3 Å². The Kier molecular flexibility index (Phi) is 15.1. The maximum Gasteiger partial charge on any atom is 0.335 e. The van der Waals surface area contributed by atoms with Crippen LogP contribution >= 0.6 is 0 Å². The minimum Gasteiger partial charge on any atom is -0.478 e. The predicted molar refractivity (Wildman–Crippen MR) is 194 cm³/mol. The van der Waals surface area contributed by atoms with Gasteiger partial charge in [-0.3, -0.25) is 24.0 Å². The van der Waals surface area contributed by atoms with Crippen molar-refractivity contribution < 1.29 is 39.0 Å². The lowest BCUT2D eigenvalue weighted by molar-refractivity contribution is -0.134. The van der Waals surface area contributed by atoms with Crippen molar-refractivity contribution in [1.82, 2.24) is 41.9 Å². The van der Waals surface area contributed by atoms with E-state index in [1.54, 1.807) is 44.2 Å². The SMILES string of the molecule is CC(C)[C@H](NC(=O)[C@@H](N)CNC(=O)c1nn[nH]n1)C(=O)N[C@@H](CC1CCCCC1)C(=O)NC(Cc1ccccc1)[C@@H](O)C(=O)Nc1cccc(C(=O)O)c1. The largest absolute Gasteiger partial charge is 0.478 e. The van der Waals surface area contributed by atoms with Gasteiger partial charge in [0, 0.05) is 12.2 Å². The summed E-state index contributed by atoms with van der Waals surface area (Å²) in [5.41, 5.74) is 6.80. The van der Waals surface area contributed by atoms with Gasteiger partial charge in [-0.05, 0) is 53.7 Å². The molecule has 1 fully saturated rings. The van der Waals surface area contributed by atoms with E-state index >= 15 is 0 Å². The van der Waals surface area contributed by atoms with Gasteiger partial charge in [-0.15, -0.1) is 10.2 Å². The minimum absolute atomic E-state index is 0.0479. The van der Waals surface area contributed by atoms with Gasteiger partial charge in [0.2, 0.25) is 17.7 Å². The van der Waals surface area contributed by atoms with E-state index in [2.05, 4.69) is 47.2 Å². The van der Waals surface area contributed by atoms with E-state index in [0.29, 0.717) is 5.56 Å². The Bertz CT molecular complexity index is 1730. The van der Waals surface area contributed by atoms with E-state index in [1.807, 2.05) is 0 Å². The number of carboxylic acid groups (broad SMARTS) is 1. The van der Waals surface area contributed by atoms with E-state index in [0.717, 1.165) is 32.1 Å². The topological polar surface area (TPSA) is 284 Å². The highest BCUT2D eigenvalue weighted by atomic mass is 16.4. The molecule has 1 saturated carbocycles. The standard InChI is InChI=1S/C36H48N10O8/c1-20(2)28(42-31(48)25(37)19-38-35(52)30-43-45-46-44-30)33(50)41-27(17-22-12-7-4-8-13-22)32(49)40-26(16-21-10-5-3-6-11-21)29(47)34(51)39-24-15-9-14-23(18-24)36(53)54/h3,5-6,9-11,14-15,18,20,22,25-29,47H,4,7-8,12-13,16-17,19,37H2,1-2H3,(H,38,52)(H,39,51)(H,40,49)(H,41,50)(H,42,48)(H,53,54)(H,43,44,45,46)/t25-,26?,27-,28-,29+/m0/s1. The summed E-state index contributed by atoms with van der Waals surface area (Å²) in [6.07, 6.45) is 3.25. The number of nitrogens with zero attached hydrogens (tertiary/aromatic N) is 3. The summed E-state index contributed by atoms with van der Waals surface area (Å²) in [5, 5.41) is 46.4. The van der Waals surface area contributed by atoms with E-state index < -0.39 is 71.7 Å². The first-order valence-corrected chi connectivity index (χ1v) is 17.9. The zero-order valence-corrected chi connectivity index (χ0v) is 30.2. The first-order chi connectivity index (χ1) is 25.8. The van der Waals surface area contributed by atoms with Crippen LogP contribution in [0.2, 0.25) is 0 Å². The summed E-state index contributed by atoms with van der Waals surface area (Å²) in [6.45, 7) is 3.13. The number of aliphatic hydroxyl groups is 1. The van der Waals surface area contributed by atoms with Gasteiger partial charge in [0.25, 0.3) is 17.6 Å². The van der Waals surface area contributed by atoms with E-state index in [9.17, 15) is 39.0 Å². The molecule has 1 aromatic heterocycles. The molecule has 290 valence electrons. The first-order valence-electron chi connectivity index (χ1n) is 17.9. The molecule has 3 aromatic rings. The van der Waals surface area contributed by atoms with Crippen LogP contribution in [0.25, 0.3) is 0 Å². The summed E-state index contributed by atoms with van der Waals surface area (Å²) in [7, 11) is 0. The molecule has 2 aromatic carbocycles. The van der Waals surface area contributed by atoms with Crippen LogP contribution in [-0.4, -0.2) is 103 Å². The Morgan fingerprint density at radius 2 is 1.61 bits per heavy atom. The van der Waals surface area contributed by atoms with Gasteiger partial charge in [0.1, 0.15) is 18.1 Å². The second-order valence-corrected chi connectivity index (χ2v) is 13.7. The number of aromatic carboxylic acids is 1. The number of carbonyl (C=O) groups is 6. The van der Waals surface area contributed by atoms with Gasteiger partial charge < -0.3 is 42.5 Å². The highest BCUT2D eigenvalue weighted by Crippen LogP contribution is 2.28. The van der Waals surface area contributed by atoms with Crippen molar-refractivity contribution in [3.05, 3.63) is 71.5 Å². The quantitative estimate of drug-likeness (QED) is 0.0848. The summed E-state index contributed by atoms with van der Waals surface area (Å²) >= 11 is 0. The van der Waals surface area contributed by atoms with Crippen molar-refractivity contribution in [2.45, 2.75) is 89.1 Å². The zero-order chi connectivity index (χ0) is 39.2. The summed E-state index contributed by atoms with van der Waals surface area (Å²) in [4.78, 5) is 77.9. The molecule has 4 rings (SSSR count). The molecule has 0 aliphatic heterocycles. The lowest BCUT2D eigenvalue weighted by Gasteiger charge is -2.31. The molecular weight excluding hydrogens is 700 g/mol. The number of H-pyrrole nitrogens is 1. The normalized spacial score (nSPS) is 15.9. The number of anilines is 1. The van der Waals surface area contributed by atoms with Crippen LogP contribution in [0.4, 0.5) is 5.69 Å². The number of hydrogen-bond acceptors (Lipinski definition) is 11. The van der Waals surface area contributed by atoms with Crippen LogP contribution in [0.5, 0.6) is 0 Å². The van der Waals surface area contributed by atoms with Crippen LogP contribution in [-0.2, 0) is 25.6 Å². The predicted octanol–water partition coefficient (Wildman–Crippen LogP) is 0.278. The van der Waals surface area contributed by atoms with Crippen molar-refractivity contribution in [3.63, 3.8) is 0 Å². The first kappa shape index (κ1) is 41.0. The summed E-state index contributed by atoms with van der Waals surface area (Å²) < 4.78 is 0. The van der Waals surface area contributed by atoms with Crippen molar-refractivity contribution in [2.75, 3.05) is 11.9 Å². The fourth-order valence-electron chi connectivity index (χ4n) is 6.20. The highest BCUT2D eigenvalue weighted by Gasteiger charge is 2.35. The van der Waals surface area contributed by atoms with Crippen LogP contribution in [0, 0.1) is 11.8 Å². The highest BCUT2D eigenvalue weighted by molar-refractivity contribution is 5.97. The molecule has 5 amide bonds. The number of aromatic amines is 1. The van der Waals surface area contributed by atoms with E-state index in [-0.39, 0.29) is 42.4 Å². The molecule has 0 bridgehead atoms. The van der Waals surface area contributed by atoms with E-state index in [1.165, 1.54) is 24.3 Å². The zero-order valence-electron chi connectivity index (χ0n) is 30.2. The molecule has 0 radical (unpaired) electrons. The Labute approximate surface area is 311 Å². The number of hydrogen-bond donors (Lipinski definition) is 9. The van der Waals surface area contributed by atoms with Crippen LogP contribution in [0.15, 0.2) is 54.6 Å². The third-order valence-electron chi connectivity index (χ3n) is 9.19. The molecule has 1 aliphatic rings. The molecule has 54 heavy (non-hydrogen) atoms. The fraction of sp³-hybridized carbons (Fsp3) is 0.472. The van der Waals surface area contributed by atoms with Crippen LogP contribution in [0.1, 0.15) is 78.9 Å². The minimum atomic E-state index is -1.78. The van der Waals surface area contributed by atoms with Crippen molar-refractivity contribution >= 4 is 41.2 Å². The summed E-state index contributed by atoms with van der Waals surface area (Å²) in [5.74, 6) is -5.35. The Morgan fingerprint density at radius 3 is 2.26 bits per heavy atom. The molecule has 1 unspecified atom stereocenters. The number of carboxylic acids is 1. The number of nitrogens with one attached hydrogen (secondary N) is 6. The third kappa shape index (κ3) is 12.2. The fourth-order valence-corrected chi connectivity index (χ4v) is 6.20. The second-order valence-electron chi connectivity index (χ2n) is 13.7. The van der Waals surface area contributed by atoms with Crippen molar-refractivity contribution in [2.24, 2.45) is 17.6 Å². The number of rotatable bonds is 18. The second kappa shape index (κ2) is 19.9. The third-order valence-corrected chi connectivity index (χ3v) is 9.19. The molecule has 18 heteroatoms. The van der Waals surface area contributed by atoms with Crippen molar-refractivity contribution in [3.8, 4) is 0 Å². The van der Waals surface area contributed by atoms with Gasteiger partial charge in [-0.25, -0.2) is 4.79 Å². The molecule has 5 atom stereocenters. The van der Waals surface area contributed by atoms with Crippen molar-refractivity contribution in [1.29, 1.82) is 0 Å². The number of benzene rings is 2. The molecule has 18 nitrogen and oxygen atoms in total. The lowest BCUT2D eigenvalue weighted by Crippen LogP contribution is -2.60. The molecule has 1 heterocycles. The van der Waals surface area contributed by atoms with Crippen LogP contribution in [0.3, 0.4) is 0 Å².